The Morgan fingerprint density at radius 1 is 1.47 bits per heavy atom. The van der Waals surface area contributed by atoms with Crippen molar-refractivity contribution in [1.82, 2.24) is 20.3 Å². The third-order valence-corrected chi connectivity index (χ3v) is 4.38. The van der Waals surface area contributed by atoms with Crippen molar-refractivity contribution in [2.75, 3.05) is 7.05 Å². The van der Waals surface area contributed by atoms with Crippen molar-refractivity contribution in [2.45, 2.75) is 20.0 Å². The molecule has 6 nitrogen and oxygen atoms in total. The first-order valence-electron chi connectivity index (χ1n) is 5.63. The van der Waals surface area contributed by atoms with Crippen LogP contribution in [0.15, 0.2) is 10.9 Å². The maximum Gasteiger partial charge on any atom is 0.294 e. The molecule has 0 unspecified atom stereocenters. The molecule has 2 aromatic rings. The van der Waals surface area contributed by atoms with E-state index in [1.165, 1.54) is 16.2 Å². The number of amides is 1. The van der Waals surface area contributed by atoms with Crippen LogP contribution in [-0.4, -0.2) is 27.8 Å². The van der Waals surface area contributed by atoms with E-state index in [-0.39, 0.29) is 5.91 Å². The summed E-state index contributed by atoms with van der Waals surface area (Å²) in [6.45, 7) is 3.52. The molecule has 2 aromatic heterocycles. The number of nitrogens with one attached hydrogen (secondary N) is 1. The Bertz CT molecular complexity index is 565. The molecule has 0 saturated heterocycles. The van der Waals surface area contributed by atoms with Crippen molar-refractivity contribution in [1.29, 1.82) is 0 Å². The Morgan fingerprint density at radius 3 is 2.89 bits per heavy atom. The van der Waals surface area contributed by atoms with Gasteiger partial charge in [0.15, 0.2) is 5.01 Å². The largest absolute Gasteiger partial charge is 0.295 e. The summed E-state index contributed by atoms with van der Waals surface area (Å²) in [6, 6.07) is 0. The van der Waals surface area contributed by atoms with Crippen LogP contribution in [-0.2, 0) is 13.1 Å². The Labute approximate surface area is 119 Å². The topological polar surface area (TPSA) is 84.1 Å². The molecule has 0 bridgehead atoms. The average molecular weight is 297 g/mol. The summed E-state index contributed by atoms with van der Waals surface area (Å²) < 4.78 is 0. The number of hydrogen-bond donors (Lipinski definition) is 2. The molecule has 0 radical (unpaired) electrons. The SMILES string of the molecule is Cc1ncsc1CN(C)Cc1csc(C(=O)NN)n1. The van der Waals surface area contributed by atoms with Crippen molar-refractivity contribution in [3.63, 3.8) is 0 Å². The van der Waals surface area contributed by atoms with E-state index in [1.54, 1.807) is 11.3 Å². The lowest BCUT2D eigenvalue weighted by atomic mass is 10.3. The third kappa shape index (κ3) is 3.57. The summed E-state index contributed by atoms with van der Waals surface area (Å²) in [5, 5.41) is 2.26. The number of aromatic nitrogens is 2. The van der Waals surface area contributed by atoms with Crippen LogP contribution >= 0.6 is 22.7 Å². The fourth-order valence-corrected chi connectivity index (χ4v) is 3.17. The minimum Gasteiger partial charge on any atom is -0.295 e. The summed E-state index contributed by atoms with van der Waals surface area (Å²) in [5.41, 5.74) is 5.87. The number of hydrogen-bond acceptors (Lipinski definition) is 7. The van der Waals surface area contributed by atoms with Gasteiger partial charge in [0.1, 0.15) is 0 Å². The van der Waals surface area contributed by atoms with Crippen molar-refractivity contribution >= 4 is 28.6 Å². The molecule has 3 N–H and O–H groups in total. The Kier molecular flexibility index (Phi) is 4.59. The summed E-state index contributed by atoms with van der Waals surface area (Å²) in [4.78, 5) is 23.2. The molecule has 0 atom stereocenters. The summed E-state index contributed by atoms with van der Waals surface area (Å²) in [7, 11) is 2.02. The lowest BCUT2D eigenvalue weighted by molar-refractivity contribution is 0.0953. The van der Waals surface area contributed by atoms with Gasteiger partial charge in [-0.2, -0.15) is 0 Å². The molecule has 0 saturated carbocycles. The molecule has 0 fully saturated rings. The van der Waals surface area contributed by atoms with Gasteiger partial charge >= 0.3 is 0 Å². The van der Waals surface area contributed by atoms with Crippen LogP contribution in [0.3, 0.4) is 0 Å². The van der Waals surface area contributed by atoms with E-state index in [0.717, 1.165) is 17.9 Å². The predicted molar refractivity (Wildman–Crippen MR) is 75.8 cm³/mol. The van der Waals surface area contributed by atoms with Crippen molar-refractivity contribution in [3.8, 4) is 0 Å². The van der Waals surface area contributed by atoms with Gasteiger partial charge in [-0.1, -0.05) is 0 Å². The summed E-state index contributed by atoms with van der Waals surface area (Å²) in [6.07, 6.45) is 0. The van der Waals surface area contributed by atoms with E-state index in [0.29, 0.717) is 11.6 Å². The minimum absolute atomic E-state index is 0.350. The maximum absolute atomic E-state index is 11.3. The number of nitrogen functional groups attached to an aromatic ring is 1. The van der Waals surface area contributed by atoms with Crippen LogP contribution < -0.4 is 11.3 Å². The van der Waals surface area contributed by atoms with Gasteiger partial charge in [0.2, 0.25) is 0 Å². The molecule has 2 rings (SSSR count). The highest BCUT2D eigenvalue weighted by Gasteiger charge is 2.12. The second kappa shape index (κ2) is 6.20. The van der Waals surface area contributed by atoms with Gasteiger partial charge in [-0.05, 0) is 14.0 Å². The molecule has 0 aliphatic carbocycles. The molecule has 102 valence electrons. The summed E-state index contributed by atoms with van der Waals surface area (Å²) in [5.74, 6) is 4.72. The van der Waals surface area contributed by atoms with E-state index in [2.05, 4.69) is 20.3 Å². The van der Waals surface area contributed by atoms with Gasteiger partial charge in [0.25, 0.3) is 5.91 Å². The standard InChI is InChI=1S/C11H15N5OS2/c1-7-9(19-6-13-7)4-16(2)3-8-5-18-11(14-8)10(17)15-12/h5-6H,3-4,12H2,1-2H3,(H,15,17). The lowest BCUT2D eigenvalue weighted by Crippen LogP contribution is -2.29. The van der Waals surface area contributed by atoms with Crippen LogP contribution in [0.1, 0.15) is 26.1 Å². The second-order valence-corrected chi connectivity index (χ2v) is 5.95. The van der Waals surface area contributed by atoms with Crippen LogP contribution in [0, 0.1) is 6.92 Å². The summed E-state index contributed by atoms with van der Waals surface area (Å²) >= 11 is 2.95. The number of carbonyl (C=O) groups is 1. The highest BCUT2D eigenvalue weighted by Crippen LogP contribution is 2.16. The molecule has 0 aromatic carbocycles. The van der Waals surface area contributed by atoms with Gasteiger partial charge in [-0.15, -0.1) is 22.7 Å². The molecule has 0 aliphatic rings. The van der Waals surface area contributed by atoms with Crippen LogP contribution in [0.4, 0.5) is 0 Å². The van der Waals surface area contributed by atoms with E-state index in [4.69, 9.17) is 5.84 Å². The molecule has 2 heterocycles. The molecule has 1 amide bonds. The number of hydrazine groups is 1. The van der Waals surface area contributed by atoms with Crippen molar-refractivity contribution in [2.24, 2.45) is 5.84 Å². The zero-order valence-corrected chi connectivity index (χ0v) is 12.3. The van der Waals surface area contributed by atoms with Crippen LogP contribution in [0.5, 0.6) is 0 Å². The minimum atomic E-state index is -0.350. The molecular weight excluding hydrogens is 282 g/mol. The fourth-order valence-electron chi connectivity index (χ4n) is 1.60. The predicted octanol–water partition coefficient (Wildman–Crippen LogP) is 1.14. The molecule has 8 heteroatoms. The number of aryl methyl sites for hydroxylation is 1. The third-order valence-electron chi connectivity index (χ3n) is 2.57. The van der Waals surface area contributed by atoms with E-state index in [1.807, 2.05) is 24.9 Å². The van der Waals surface area contributed by atoms with Gasteiger partial charge < -0.3 is 0 Å². The van der Waals surface area contributed by atoms with E-state index >= 15 is 0 Å². The first-order chi connectivity index (χ1) is 9.10. The van der Waals surface area contributed by atoms with Gasteiger partial charge in [-0.3, -0.25) is 15.1 Å². The average Bonchev–Trinajstić information content (AvgIpc) is 2.99. The molecule has 0 aliphatic heterocycles. The number of carbonyl (C=O) groups excluding carboxylic acids is 1. The Morgan fingerprint density at radius 2 is 2.26 bits per heavy atom. The maximum atomic E-state index is 11.3. The number of thiazole rings is 2. The van der Waals surface area contributed by atoms with E-state index < -0.39 is 0 Å². The highest BCUT2D eigenvalue weighted by molar-refractivity contribution is 7.11. The molecule has 19 heavy (non-hydrogen) atoms. The zero-order chi connectivity index (χ0) is 13.8. The monoisotopic (exact) mass is 297 g/mol. The number of nitrogens with zero attached hydrogens (tertiary/aromatic N) is 3. The van der Waals surface area contributed by atoms with Crippen LogP contribution in [0.2, 0.25) is 0 Å². The van der Waals surface area contributed by atoms with Gasteiger partial charge in [0, 0.05) is 23.3 Å². The zero-order valence-electron chi connectivity index (χ0n) is 10.7. The van der Waals surface area contributed by atoms with E-state index in [9.17, 15) is 4.79 Å². The Balaban J connectivity index is 1.95. The second-order valence-electron chi connectivity index (χ2n) is 4.15. The number of nitrogens with two attached hydrogens (primary N) is 1. The molecular formula is C11H15N5OS2. The Hall–Kier alpha value is -1.35. The van der Waals surface area contributed by atoms with Crippen molar-refractivity contribution in [3.05, 3.63) is 32.2 Å². The molecule has 0 spiro atoms. The first kappa shape index (κ1) is 14.1. The smallest absolute Gasteiger partial charge is 0.294 e. The normalized spacial score (nSPS) is 10.9. The number of rotatable bonds is 5. The van der Waals surface area contributed by atoms with Gasteiger partial charge in [0.05, 0.1) is 16.9 Å². The van der Waals surface area contributed by atoms with Crippen molar-refractivity contribution < 1.29 is 4.79 Å². The fraction of sp³-hybridized carbons (Fsp3) is 0.364. The van der Waals surface area contributed by atoms with Gasteiger partial charge in [-0.25, -0.2) is 15.8 Å². The van der Waals surface area contributed by atoms with Crippen LogP contribution in [0.25, 0.3) is 0 Å². The highest BCUT2D eigenvalue weighted by atomic mass is 32.1. The first-order valence-corrected chi connectivity index (χ1v) is 7.39. The quantitative estimate of drug-likeness (QED) is 0.491. The lowest BCUT2D eigenvalue weighted by Gasteiger charge is -2.14.